The van der Waals surface area contributed by atoms with Gasteiger partial charge in [0.2, 0.25) is 11.2 Å². The molecule has 1 heterocycles. The summed E-state index contributed by atoms with van der Waals surface area (Å²) in [5.41, 5.74) is 6.96. The van der Waals surface area contributed by atoms with E-state index in [4.69, 9.17) is 17.3 Å². The van der Waals surface area contributed by atoms with Crippen LogP contribution in [-0.4, -0.2) is 37.6 Å². The van der Waals surface area contributed by atoms with Gasteiger partial charge in [-0.2, -0.15) is 18.3 Å². The molecule has 0 saturated heterocycles. The highest BCUT2D eigenvalue weighted by atomic mass is 35.5. The van der Waals surface area contributed by atoms with Crippen molar-refractivity contribution in [3.8, 4) is 5.69 Å². The molecule has 12 heteroatoms. The third kappa shape index (κ3) is 6.13. The number of amidine groups is 2. The van der Waals surface area contributed by atoms with Crippen molar-refractivity contribution in [3.05, 3.63) is 41.2 Å². The predicted molar refractivity (Wildman–Crippen MR) is 115 cm³/mol. The van der Waals surface area contributed by atoms with E-state index in [2.05, 4.69) is 19.8 Å². The van der Waals surface area contributed by atoms with E-state index in [9.17, 15) is 17.7 Å². The second-order valence-corrected chi connectivity index (χ2v) is 8.57. The molecule has 30 heavy (non-hydrogen) atoms. The molecule has 2 unspecified atom stereocenters. The number of anilines is 1. The largest absolute Gasteiger partial charge is 0.591 e. The first-order valence-electron chi connectivity index (χ1n) is 8.87. The zero-order valence-corrected chi connectivity index (χ0v) is 18.3. The molecule has 2 aromatic rings. The van der Waals surface area contributed by atoms with Crippen LogP contribution in [0.1, 0.15) is 39.3 Å². The Morgan fingerprint density at radius 3 is 2.40 bits per heavy atom. The van der Waals surface area contributed by atoms with Crippen LogP contribution in [0.4, 0.5) is 18.9 Å². The molecule has 2 rings (SSSR count). The van der Waals surface area contributed by atoms with E-state index in [0.717, 1.165) is 11.4 Å². The molecule has 0 aliphatic carbocycles. The average molecular weight is 463 g/mol. The SMILES string of the molecule is CC(=NC(C)[S+]([O-])Nc1cnn(-c2ccc(Cl)cc2)c1C(C)C)N=C(N)C(F)(F)F. The van der Waals surface area contributed by atoms with Crippen molar-refractivity contribution < 1.29 is 17.7 Å². The number of alkyl halides is 3. The van der Waals surface area contributed by atoms with Crippen LogP contribution in [0.25, 0.3) is 5.69 Å². The number of hydrogen-bond acceptors (Lipinski definition) is 4. The van der Waals surface area contributed by atoms with E-state index in [1.165, 1.54) is 20.0 Å². The molecule has 7 nitrogen and oxygen atoms in total. The van der Waals surface area contributed by atoms with E-state index in [0.29, 0.717) is 10.7 Å². The zero-order chi connectivity index (χ0) is 22.6. The van der Waals surface area contributed by atoms with Crippen molar-refractivity contribution in [2.75, 3.05) is 4.72 Å². The summed E-state index contributed by atoms with van der Waals surface area (Å²) in [6.07, 6.45) is -3.22. The van der Waals surface area contributed by atoms with Gasteiger partial charge in [-0.25, -0.2) is 19.4 Å². The molecule has 0 spiro atoms. The molecule has 2 atom stereocenters. The van der Waals surface area contributed by atoms with Gasteiger partial charge in [0.15, 0.2) is 0 Å². The maximum absolute atomic E-state index is 12.6. The quantitative estimate of drug-likeness (QED) is 0.377. The van der Waals surface area contributed by atoms with Gasteiger partial charge in [0.25, 0.3) is 0 Å². The van der Waals surface area contributed by atoms with Gasteiger partial charge < -0.3 is 10.3 Å². The lowest BCUT2D eigenvalue weighted by Crippen LogP contribution is -2.32. The molecule has 0 bridgehead atoms. The Morgan fingerprint density at radius 2 is 1.87 bits per heavy atom. The Morgan fingerprint density at radius 1 is 1.27 bits per heavy atom. The average Bonchev–Trinajstić information content (AvgIpc) is 3.05. The highest BCUT2D eigenvalue weighted by molar-refractivity contribution is 7.93. The van der Waals surface area contributed by atoms with Gasteiger partial charge in [-0.1, -0.05) is 25.4 Å². The first kappa shape index (κ1) is 24.0. The normalized spacial score (nSPS) is 15.4. The van der Waals surface area contributed by atoms with Crippen LogP contribution < -0.4 is 10.5 Å². The Balaban J connectivity index is 2.23. The fourth-order valence-electron chi connectivity index (χ4n) is 2.55. The van der Waals surface area contributed by atoms with Crippen molar-refractivity contribution in [2.24, 2.45) is 15.7 Å². The maximum Gasteiger partial charge on any atom is 0.449 e. The molecular weight excluding hydrogens is 441 g/mol. The van der Waals surface area contributed by atoms with Crippen LogP contribution in [0.3, 0.4) is 0 Å². The van der Waals surface area contributed by atoms with Crippen molar-refractivity contribution in [1.29, 1.82) is 0 Å². The lowest BCUT2D eigenvalue weighted by atomic mass is 10.1. The van der Waals surface area contributed by atoms with Gasteiger partial charge >= 0.3 is 6.18 Å². The molecule has 0 saturated carbocycles. The Bertz CT molecular complexity index is 927. The van der Waals surface area contributed by atoms with E-state index in [1.807, 2.05) is 13.8 Å². The molecule has 0 radical (unpaired) electrons. The Hall–Kier alpha value is -2.24. The van der Waals surface area contributed by atoms with Gasteiger partial charge in [0.1, 0.15) is 11.5 Å². The van der Waals surface area contributed by atoms with Crippen LogP contribution in [-0.2, 0) is 11.4 Å². The smallest absolute Gasteiger partial charge is 0.449 e. The number of halogens is 4. The molecule has 0 aliphatic heterocycles. The maximum atomic E-state index is 12.6. The van der Waals surface area contributed by atoms with E-state index in [1.54, 1.807) is 28.9 Å². The summed E-state index contributed by atoms with van der Waals surface area (Å²) in [5.74, 6) is -1.71. The van der Waals surface area contributed by atoms with E-state index >= 15 is 0 Å². The summed E-state index contributed by atoms with van der Waals surface area (Å²) in [7, 11) is 0. The first-order chi connectivity index (χ1) is 13.9. The fourth-order valence-corrected chi connectivity index (χ4v) is 3.47. The standard InChI is InChI=1S/C18H22ClF3N6OS/c1-10(2)16-15(9-24-28(16)14-7-5-13(19)6-8-14)27-30(29)12(4)25-11(3)26-17(23)18(20,21)22/h5-10,12,27H,1-4H3,(H2,23,25,26). The zero-order valence-electron chi connectivity index (χ0n) is 16.7. The molecule has 0 fully saturated rings. The lowest BCUT2D eigenvalue weighted by Gasteiger charge is -2.18. The number of aliphatic imine (C=N–C) groups is 2. The minimum atomic E-state index is -4.75. The van der Waals surface area contributed by atoms with Gasteiger partial charge in [0.05, 0.1) is 28.9 Å². The van der Waals surface area contributed by atoms with Crippen LogP contribution in [0.2, 0.25) is 5.02 Å². The van der Waals surface area contributed by atoms with Crippen molar-refractivity contribution >= 4 is 40.3 Å². The van der Waals surface area contributed by atoms with E-state index < -0.39 is 28.7 Å². The van der Waals surface area contributed by atoms with Gasteiger partial charge in [0, 0.05) is 11.9 Å². The number of aromatic nitrogens is 2. The Kier molecular flexibility index (Phi) is 7.78. The fraction of sp³-hybridized carbons (Fsp3) is 0.389. The van der Waals surface area contributed by atoms with Crippen LogP contribution >= 0.6 is 11.6 Å². The van der Waals surface area contributed by atoms with E-state index in [-0.39, 0.29) is 11.8 Å². The van der Waals surface area contributed by atoms with Crippen molar-refractivity contribution in [3.63, 3.8) is 0 Å². The molecule has 3 N–H and O–H groups in total. The first-order valence-corrected chi connectivity index (χ1v) is 10.5. The number of benzene rings is 1. The minimum absolute atomic E-state index is 0.0272. The van der Waals surface area contributed by atoms with Crippen LogP contribution in [0, 0.1) is 0 Å². The summed E-state index contributed by atoms with van der Waals surface area (Å²) < 4.78 is 54.6. The number of nitrogens with zero attached hydrogens (tertiary/aromatic N) is 4. The molecule has 164 valence electrons. The third-order valence-corrected chi connectivity index (χ3v) is 5.28. The molecule has 1 aromatic carbocycles. The summed E-state index contributed by atoms with van der Waals surface area (Å²) in [5, 5.41) is 4.06. The number of nitrogens with one attached hydrogen (secondary N) is 1. The van der Waals surface area contributed by atoms with Crippen LogP contribution in [0.15, 0.2) is 40.4 Å². The lowest BCUT2D eigenvalue weighted by molar-refractivity contribution is -0.0597. The summed E-state index contributed by atoms with van der Waals surface area (Å²) in [4.78, 5) is 7.12. The summed E-state index contributed by atoms with van der Waals surface area (Å²) in [6.45, 7) is 6.66. The van der Waals surface area contributed by atoms with Gasteiger partial charge in [-0.3, -0.25) is 0 Å². The van der Waals surface area contributed by atoms with Gasteiger partial charge in [-0.15, -0.1) is 0 Å². The van der Waals surface area contributed by atoms with Crippen molar-refractivity contribution in [1.82, 2.24) is 9.78 Å². The molecule has 0 aliphatic rings. The van der Waals surface area contributed by atoms with Crippen LogP contribution in [0.5, 0.6) is 0 Å². The highest BCUT2D eigenvalue weighted by Crippen LogP contribution is 2.28. The predicted octanol–water partition coefficient (Wildman–Crippen LogP) is 4.41. The molecular formula is C18H22ClF3N6OS. The highest BCUT2D eigenvalue weighted by Gasteiger charge is 2.33. The molecule has 0 amide bonds. The Labute approximate surface area is 180 Å². The second kappa shape index (κ2) is 9.71. The number of nitrogens with two attached hydrogens (primary N) is 1. The number of hydrogen-bond donors (Lipinski definition) is 2. The monoisotopic (exact) mass is 462 g/mol. The topological polar surface area (TPSA) is 104 Å². The number of rotatable bonds is 6. The van der Waals surface area contributed by atoms with Gasteiger partial charge in [-0.05, 0) is 37.1 Å². The minimum Gasteiger partial charge on any atom is -0.591 e. The van der Waals surface area contributed by atoms with Crippen molar-refractivity contribution in [2.45, 2.75) is 45.2 Å². The summed E-state index contributed by atoms with van der Waals surface area (Å²) in [6, 6.07) is 7.09. The summed E-state index contributed by atoms with van der Waals surface area (Å²) >= 11 is 4.19. The molecule has 1 aromatic heterocycles. The third-order valence-electron chi connectivity index (χ3n) is 3.89. The second-order valence-electron chi connectivity index (χ2n) is 6.66.